The number of nitrogens with zero attached hydrogens (tertiary/aromatic N) is 2. The Kier molecular flexibility index (Phi) is 7.12. The average Bonchev–Trinajstić information content (AvgIpc) is 2.75. The largest absolute Gasteiger partial charge is 0.385 e. The quantitative estimate of drug-likeness (QED) is 0.368. The van der Waals surface area contributed by atoms with Crippen molar-refractivity contribution in [3.05, 3.63) is 82.9 Å². The van der Waals surface area contributed by atoms with Crippen LogP contribution in [0.25, 0.3) is 16.9 Å². The first-order valence-electron chi connectivity index (χ1n) is 9.73. The fourth-order valence-corrected chi connectivity index (χ4v) is 3.73. The van der Waals surface area contributed by atoms with Crippen LogP contribution in [0.2, 0.25) is 0 Å². The molecule has 3 aromatic rings. The molecular formula is C23H24Cl2N2O2. The highest BCUT2D eigenvalue weighted by atomic mass is 35.5. The van der Waals surface area contributed by atoms with Crippen molar-refractivity contribution in [3.8, 4) is 16.9 Å². The molecule has 0 saturated carbocycles. The van der Waals surface area contributed by atoms with Crippen LogP contribution >= 0.6 is 23.2 Å². The molecule has 2 aromatic heterocycles. The first kappa shape index (κ1) is 21.6. The summed E-state index contributed by atoms with van der Waals surface area (Å²) in [5.41, 5.74) is 1.86. The zero-order valence-corrected chi connectivity index (χ0v) is 17.8. The van der Waals surface area contributed by atoms with Crippen LogP contribution in [-0.2, 0) is 0 Å². The van der Waals surface area contributed by atoms with Gasteiger partial charge in [-0.1, -0.05) is 73.7 Å². The predicted octanol–water partition coefficient (Wildman–Crippen LogP) is 5.69. The van der Waals surface area contributed by atoms with E-state index in [-0.39, 0.29) is 11.1 Å². The number of halogens is 2. The predicted molar refractivity (Wildman–Crippen MR) is 119 cm³/mol. The molecule has 0 fully saturated rings. The smallest absolute Gasteiger partial charge is 0.261 e. The third-order valence-electron chi connectivity index (χ3n) is 4.85. The number of aromatic nitrogens is 2. The van der Waals surface area contributed by atoms with Crippen molar-refractivity contribution in [2.24, 2.45) is 0 Å². The van der Waals surface area contributed by atoms with Gasteiger partial charge in [0.05, 0.1) is 11.3 Å². The van der Waals surface area contributed by atoms with Gasteiger partial charge in [-0.2, -0.15) is 0 Å². The lowest BCUT2D eigenvalue weighted by Crippen LogP contribution is -2.32. The molecule has 0 spiro atoms. The summed E-state index contributed by atoms with van der Waals surface area (Å²) >= 11 is 13.0. The molecule has 0 aliphatic rings. The molecule has 1 aromatic carbocycles. The Labute approximate surface area is 180 Å². The van der Waals surface area contributed by atoms with Gasteiger partial charge in [0, 0.05) is 23.6 Å². The van der Waals surface area contributed by atoms with Crippen molar-refractivity contribution in [1.29, 1.82) is 0 Å². The molecule has 1 N–H and O–H groups in total. The monoisotopic (exact) mass is 430 g/mol. The molecule has 0 aliphatic carbocycles. The second kappa shape index (κ2) is 9.57. The molecule has 0 saturated heterocycles. The minimum Gasteiger partial charge on any atom is -0.385 e. The van der Waals surface area contributed by atoms with Gasteiger partial charge < -0.3 is 5.11 Å². The summed E-state index contributed by atoms with van der Waals surface area (Å²) in [6, 6.07) is 16.4. The van der Waals surface area contributed by atoms with Crippen molar-refractivity contribution in [2.45, 2.75) is 43.0 Å². The molecule has 1 unspecified atom stereocenters. The van der Waals surface area contributed by atoms with Gasteiger partial charge in [0.15, 0.2) is 0 Å². The van der Waals surface area contributed by atoms with E-state index in [0.717, 1.165) is 19.3 Å². The molecule has 2 heterocycles. The van der Waals surface area contributed by atoms with E-state index in [4.69, 9.17) is 23.2 Å². The minimum absolute atomic E-state index is 0.151. The van der Waals surface area contributed by atoms with E-state index in [9.17, 15) is 9.90 Å². The van der Waals surface area contributed by atoms with E-state index < -0.39 is 10.4 Å². The van der Waals surface area contributed by atoms with Crippen LogP contribution in [0.1, 0.15) is 44.3 Å². The SMILES string of the molecule is CCCCCC(Cl)(Cl)C(O)c1cc(-c2ccccn2)cn(-c2ccccc2)c1=O. The summed E-state index contributed by atoms with van der Waals surface area (Å²) in [5, 5.41) is 11.0. The Bertz CT molecular complexity index is 989. The first-order chi connectivity index (χ1) is 13.9. The number of rotatable bonds is 8. The van der Waals surface area contributed by atoms with Crippen molar-refractivity contribution in [2.75, 3.05) is 0 Å². The van der Waals surface area contributed by atoms with E-state index in [1.54, 1.807) is 18.5 Å². The van der Waals surface area contributed by atoms with Crippen molar-refractivity contribution < 1.29 is 5.11 Å². The summed E-state index contributed by atoms with van der Waals surface area (Å²) in [5.74, 6) is 0. The summed E-state index contributed by atoms with van der Waals surface area (Å²) in [6.07, 6.45) is 5.20. The van der Waals surface area contributed by atoms with Crippen LogP contribution < -0.4 is 5.56 Å². The molecular weight excluding hydrogens is 407 g/mol. The maximum absolute atomic E-state index is 13.2. The van der Waals surface area contributed by atoms with Crippen molar-refractivity contribution in [3.63, 3.8) is 0 Å². The second-order valence-corrected chi connectivity index (χ2v) is 8.57. The number of hydrogen-bond acceptors (Lipinski definition) is 3. The highest BCUT2D eigenvalue weighted by Gasteiger charge is 2.36. The number of aliphatic hydroxyl groups is 1. The van der Waals surface area contributed by atoms with Crippen LogP contribution in [0.4, 0.5) is 0 Å². The Balaban J connectivity index is 2.12. The van der Waals surface area contributed by atoms with Gasteiger partial charge in [-0.05, 0) is 36.8 Å². The number of benzene rings is 1. The van der Waals surface area contributed by atoms with Crippen LogP contribution in [-0.4, -0.2) is 19.0 Å². The lowest BCUT2D eigenvalue weighted by atomic mass is 10.00. The van der Waals surface area contributed by atoms with Gasteiger partial charge in [0.1, 0.15) is 10.4 Å². The number of alkyl halides is 2. The Hall–Kier alpha value is -2.14. The van der Waals surface area contributed by atoms with E-state index in [1.807, 2.05) is 48.5 Å². The van der Waals surface area contributed by atoms with Crippen molar-refractivity contribution in [1.82, 2.24) is 9.55 Å². The number of pyridine rings is 2. The van der Waals surface area contributed by atoms with E-state index in [1.165, 1.54) is 4.57 Å². The van der Waals surface area contributed by atoms with Gasteiger partial charge in [-0.3, -0.25) is 14.3 Å². The van der Waals surface area contributed by atoms with Crippen LogP contribution in [0.3, 0.4) is 0 Å². The van der Waals surface area contributed by atoms with E-state index in [2.05, 4.69) is 11.9 Å². The van der Waals surface area contributed by atoms with Crippen LogP contribution in [0.5, 0.6) is 0 Å². The molecule has 152 valence electrons. The van der Waals surface area contributed by atoms with Gasteiger partial charge in [0.2, 0.25) is 0 Å². The molecule has 0 amide bonds. The summed E-state index contributed by atoms with van der Waals surface area (Å²) in [4.78, 5) is 17.6. The zero-order valence-electron chi connectivity index (χ0n) is 16.3. The molecule has 0 bridgehead atoms. The normalized spacial score (nSPS) is 12.7. The van der Waals surface area contributed by atoms with Gasteiger partial charge in [0.25, 0.3) is 5.56 Å². The topological polar surface area (TPSA) is 55.1 Å². The number of unbranched alkanes of at least 4 members (excludes halogenated alkanes) is 2. The van der Waals surface area contributed by atoms with E-state index >= 15 is 0 Å². The Morgan fingerprint density at radius 3 is 2.48 bits per heavy atom. The zero-order chi connectivity index (χ0) is 20.9. The van der Waals surface area contributed by atoms with Crippen molar-refractivity contribution >= 4 is 23.2 Å². The van der Waals surface area contributed by atoms with Crippen LogP contribution in [0.15, 0.2) is 71.8 Å². The highest BCUT2D eigenvalue weighted by molar-refractivity contribution is 6.48. The Morgan fingerprint density at radius 2 is 1.83 bits per heavy atom. The third-order valence-corrected chi connectivity index (χ3v) is 5.64. The molecule has 29 heavy (non-hydrogen) atoms. The molecule has 6 heteroatoms. The molecule has 0 radical (unpaired) electrons. The van der Waals surface area contributed by atoms with Gasteiger partial charge in [-0.25, -0.2) is 0 Å². The first-order valence-corrected chi connectivity index (χ1v) is 10.5. The number of para-hydroxylation sites is 1. The number of hydrogen-bond donors (Lipinski definition) is 1. The standard InChI is InChI=1S/C23H24Cl2N2O2/c1-2-3-8-13-23(24,25)21(28)19-15-17(20-12-7-9-14-26-20)16-27(22(19)29)18-10-5-4-6-11-18/h4-7,9-12,14-16,21,28H,2-3,8,13H2,1H3. The molecule has 4 nitrogen and oxygen atoms in total. The molecule has 3 rings (SSSR count). The second-order valence-electron chi connectivity index (χ2n) is 7.03. The lowest BCUT2D eigenvalue weighted by Gasteiger charge is -2.26. The average molecular weight is 431 g/mol. The fraction of sp³-hybridized carbons (Fsp3) is 0.304. The Morgan fingerprint density at radius 1 is 1.10 bits per heavy atom. The maximum Gasteiger partial charge on any atom is 0.261 e. The number of aliphatic hydroxyl groups excluding tert-OH is 1. The summed E-state index contributed by atoms with van der Waals surface area (Å²) < 4.78 is 0.0457. The highest BCUT2D eigenvalue weighted by Crippen LogP contribution is 2.40. The van der Waals surface area contributed by atoms with Gasteiger partial charge >= 0.3 is 0 Å². The van der Waals surface area contributed by atoms with E-state index in [0.29, 0.717) is 23.4 Å². The molecule has 0 aliphatic heterocycles. The lowest BCUT2D eigenvalue weighted by molar-refractivity contribution is 0.151. The fourth-order valence-electron chi connectivity index (χ4n) is 3.23. The van der Waals surface area contributed by atoms with Gasteiger partial charge in [-0.15, -0.1) is 0 Å². The summed E-state index contributed by atoms with van der Waals surface area (Å²) in [7, 11) is 0. The van der Waals surface area contributed by atoms with Crippen LogP contribution in [0, 0.1) is 0 Å². The minimum atomic E-state index is -1.45. The third kappa shape index (κ3) is 5.08. The summed E-state index contributed by atoms with van der Waals surface area (Å²) in [6.45, 7) is 2.08. The maximum atomic E-state index is 13.2. The molecule has 1 atom stereocenters.